The van der Waals surface area contributed by atoms with Crippen LogP contribution in [0.3, 0.4) is 0 Å². The third-order valence-electron chi connectivity index (χ3n) is 7.62. The Morgan fingerprint density at radius 3 is 1.95 bits per heavy atom. The van der Waals surface area contributed by atoms with E-state index in [4.69, 9.17) is 9.47 Å². The number of esters is 1. The molecule has 0 saturated carbocycles. The summed E-state index contributed by atoms with van der Waals surface area (Å²) in [5, 5.41) is 5.66. The second-order valence-corrected chi connectivity index (χ2v) is 12.2. The molecule has 0 heterocycles. The number of carbonyl (C=O) groups is 4. The van der Waals surface area contributed by atoms with Crippen LogP contribution in [-0.2, 0) is 41.9 Å². The third-order valence-corrected chi connectivity index (χ3v) is 7.62. The van der Waals surface area contributed by atoms with Crippen LogP contribution < -0.4 is 10.6 Å². The standard InChI is InChI=1S/C35H50N2O6/c1-7-26(4)31(32(39)35(5,6)34(41)43-23-28-19-12-9-13-20-28)37-33(40)29(24-42-22-27-17-10-8-11-18-27)36-30(38)21-15-14-16-25(2)3/h8-13,17-20,25-26,29,31H,7,14-16,21-24H2,1-6H3,(H,36,38)(H,37,40)/t26?,29-,31-/m0/s1. The Balaban J connectivity index is 2.13. The van der Waals surface area contributed by atoms with Crippen LogP contribution in [0.15, 0.2) is 60.7 Å². The molecule has 0 aliphatic rings. The Labute approximate surface area is 257 Å². The lowest BCUT2D eigenvalue weighted by atomic mass is 9.79. The molecule has 0 aromatic heterocycles. The number of benzene rings is 2. The number of ketones is 1. The molecule has 3 atom stereocenters. The second kappa shape index (κ2) is 18.2. The van der Waals surface area contributed by atoms with Crippen LogP contribution >= 0.6 is 0 Å². The van der Waals surface area contributed by atoms with E-state index in [9.17, 15) is 19.2 Å². The fourth-order valence-electron chi connectivity index (χ4n) is 4.51. The zero-order valence-corrected chi connectivity index (χ0v) is 26.7. The van der Waals surface area contributed by atoms with Gasteiger partial charge in [0.2, 0.25) is 11.8 Å². The van der Waals surface area contributed by atoms with Gasteiger partial charge in [-0.05, 0) is 43.2 Å². The zero-order valence-electron chi connectivity index (χ0n) is 26.7. The SMILES string of the molecule is CCC(C)[C@H](NC(=O)[C@H](COCc1ccccc1)NC(=O)CCCCC(C)C)C(=O)C(C)(C)C(=O)OCc1ccccc1. The van der Waals surface area contributed by atoms with E-state index in [0.717, 1.165) is 30.4 Å². The molecule has 0 spiro atoms. The first-order valence-electron chi connectivity index (χ1n) is 15.4. The van der Waals surface area contributed by atoms with Crippen LogP contribution in [0.5, 0.6) is 0 Å². The van der Waals surface area contributed by atoms with Crippen LogP contribution in [0.4, 0.5) is 0 Å². The van der Waals surface area contributed by atoms with E-state index < -0.39 is 35.2 Å². The molecule has 0 fully saturated rings. The maximum Gasteiger partial charge on any atom is 0.319 e. The summed E-state index contributed by atoms with van der Waals surface area (Å²) in [5.74, 6) is -1.60. The molecule has 0 radical (unpaired) electrons. The topological polar surface area (TPSA) is 111 Å². The number of ether oxygens (including phenoxy) is 2. The van der Waals surface area contributed by atoms with Gasteiger partial charge in [0.05, 0.1) is 19.3 Å². The highest BCUT2D eigenvalue weighted by Gasteiger charge is 2.44. The lowest BCUT2D eigenvalue weighted by Crippen LogP contribution is -2.57. The number of nitrogens with one attached hydrogen (secondary N) is 2. The van der Waals surface area contributed by atoms with Gasteiger partial charge in [-0.15, -0.1) is 0 Å². The summed E-state index contributed by atoms with van der Waals surface area (Å²) in [4.78, 5) is 53.3. The molecule has 2 N–H and O–H groups in total. The molecule has 8 heteroatoms. The van der Waals surface area contributed by atoms with Gasteiger partial charge in [0.15, 0.2) is 5.78 Å². The Morgan fingerprint density at radius 2 is 1.40 bits per heavy atom. The fraction of sp³-hybridized carbons (Fsp3) is 0.543. The van der Waals surface area contributed by atoms with Gasteiger partial charge in [-0.1, -0.05) is 108 Å². The highest BCUT2D eigenvalue weighted by molar-refractivity contribution is 6.07. The zero-order chi connectivity index (χ0) is 31.8. The van der Waals surface area contributed by atoms with Gasteiger partial charge in [-0.25, -0.2) is 0 Å². The van der Waals surface area contributed by atoms with E-state index in [1.54, 1.807) is 0 Å². The summed E-state index contributed by atoms with van der Waals surface area (Å²) in [7, 11) is 0. The number of unbranched alkanes of at least 4 members (excludes halogenated alkanes) is 1. The van der Waals surface area contributed by atoms with E-state index in [2.05, 4.69) is 24.5 Å². The first kappa shape index (κ1) is 35.7. The summed E-state index contributed by atoms with van der Waals surface area (Å²) >= 11 is 0. The number of hydrogen-bond acceptors (Lipinski definition) is 6. The van der Waals surface area contributed by atoms with Gasteiger partial charge >= 0.3 is 5.97 Å². The molecule has 2 aromatic carbocycles. The highest BCUT2D eigenvalue weighted by atomic mass is 16.5. The largest absolute Gasteiger partial charge is 0.460 e. The minimum atomic E-state index is -1.50. The van der Waals surface area contributed by atoms with Crippen LogP contribution in [0.25, 0.3) is 0 Å². The summed E-state index contributed by atoms with van der Waals surface area (Å²) in [5.41, 5.74) is 0.240. The number of Topliss-reactive ketones (excluding diaryl/α,β-unsaturated/α-hetero) is 1. The van der Waals surface area contributed by atoms with Crippen molar-refractivity contribution in [2.24, 2.45) is 17.3 Å². The average molecular weight is 595 g/mol. The molecule has 0 aliphatic carbocycles. The Morgan fingerprint density at radius 1 is 0.814 bits per heavy atom. The Kier molecular flexibility index (Phi) is 15.1. The van der Waals surface area contributed by atoms with Crippen molar-refractivity contribution in [2.75, 3.05) is 6.61 Å². The van der Waals surface area contributed by atoms with Crippen molar-refractivity contribution < 1.29 is 28.7 Å². The Hall–Kier alpha value is -3.52. The van der Waals surface area contributed by atoms with E-state index >= 15 is 0 Å². The molecule has 2 amide bonds. The monoisotopic (exact) mass is 594 g/mol. The third kappa shape index (κ3) is 12.3. The number of carbonyl (C=O) groups excluding carboxylic acids is 4. The molecule has 236 valence electrons. The maximum atomic E-state index is 13.8. The van der Waals surface area contributed by atoms with Crippen LogP contribution in [0, 0.1) is 17.3 Å². The first-order chi connectivity index (χ1) is 20.4. The van der Waals surface area contributed by atoms with Crippen LogP contribution in [-0.4, -0.2) is 42.3 Å². The molecular formula is C35H50N2O6. The normalized spacial score (nSPS) is 13.6. The number of amides is 2. The lowest BCUT2D eigenvalue weighted by Gasteiger charge is -2.31. The predicted octanol–water partition coefficient (Wildman–Crippen LogP) is 5.77. The molecule has 2 rings (SSSR count). The Bertz CT molecular complexity index is 1150. The van der Waals surface area contributed by atoms with Gasteiger partial charge in [0.1, 0.15) is 18.1 Å². The van der Waals surface area contributed by atoms with Crippen LogP contribution in [0.2, 0.25) is 0 Å². The molecule has 2 aromatic rings. The van der Waals surface area contributed by atoms with Crippen molar-refractivity contribution in [2.45, 2.75) is 98.9 Å². The predicted molar refractivity (Wildman–Crippen MR) is 168 cm³/mol. The number of hydrogen-bond donors (Lipinski definition) is 2. The van der Waals surface area contributed by atoms with Crippen molar-refractivity contribution in [1.82, 2.24) is 10.6 Å². The van der Waals surface area contributed by atoms with Crippen molar-refractivity contribution >= 4 is 23.6 Å². The summed E-state index contributed by atoms with van der Waals surface area (Å²) in [6.07, 6.45) is 3.55. The van der Waals surface area contributed by atoms with Gasteiger partial charge in [-0.2, -0.15) is 0 Å². The smallest absolute Gasteiger partial charge is 0.319 e. The second-order valence-electron chi connectivity index (χ2n) is 12.2. The molecule has 0 bridgehead atoms. The molecular weight excluding hydrogens is 544 g/mol. The van der Waals surface area contributed by atoms with Gasteiger partial charge in [0.25, 0.3) is 0 Å². The van der Waals surface area contributed by atoms with E-state index in [1.807, 2.05) is 74.5 Å². The van der Waals surface area contributed by atoms with Crippen molar-refractivity contribution in [1.29, 1.82) is 0 Å². The summed E-state index contributed by atoms with van der Waals surface area (Å²) in [6, 6.07) is 16.8. The molecule has 0 saturated heterocycles. The summed E-state index contributed by atoms with van der Waals surface area (Å²) in [6.45, 7) is 11.3. The summed E-state index contributed by atoms with van der Waals surface area (Å²) < 4.78 is 11.3. The van der Waals surface area contributed by atoms with Gasteiger partial charge in [0, 0.05) is 6.42 Å². The van der Waals surface area contributed by atoms with Gasteiger partial charge in [-0.3, -0.25) is 19.2 Å². The minimum absolute atomic E-state index is 0.0424. The van der Waals surface area contributed by atoms with Crippen molar-refractivity contribution in [3.05, 3.63) is 71.8 Å². The highest BCUT2D eigenvalue weighted by Crippen LogP contribution is 2.25. The maximum absolute atomic E-state index is 13.8. The lowest BCUT2D eigenvalue weighted by molar-refractivity contribution is -0.161. The van der Waals surface area contributed by atoms with Crippen molar-refractivity contribution in [3.8, 4) is 0 Å². The van der Waals surface area contributed by atoms with E-state index in [1.165, 1.54) is 13.8 Å². The van der Waals surface area contributed by atoms with Crippen molar-refractivity contribution in [3.63, 3.8) is 0 Å². The number of rotatable bonds is 19. The minimum Gasteiger partial charge on any atom is -0.460 e. The average Bonchev–Trinajstić information content (AvgIpc) is 3.00. The molecule has 0 aliphatic heterocycles. The van der Waals surface area contributed by atoms with E-state index in [0.29, 0.717) is 18.8 Å². The van der Waals surface area contributed by atoms with Crippen LogP contribution in [0.1, 0.15) is 84.8 Å². The molecule has 1 unspecified atom stereocenters. The van der Waals surface area contributed by atoms with E-state index in [-0.39, 0.29) is 31.6 Å². The first-order valence-corrected chi connectivity index (χ1v) is 15.4. The molecule has 43 heavy (non-hydrogen) atoms. The fourth-order valence-corrected chi connectivity index (χ4v) is 4.51. The van der Waals surface area contributed by atoms with Gasteiger partial charge < -0.3 is 20.1 Å². The quantitative estimate of drug-likeness (QED) is 0.121. The molecule has 8 nitrogen and oxygen atoms in total.